The number of benzene rings is 1. The zero-order chi connectivity index (χ0) is 21.7. The van der Waals surface area contributed by atoms with Crippen LogP contribution in [0, 0.1) is 6.92 Å². The van der Waals surface area contributed by atoms with E-state index in [1.807, 2.05) is 28.5 Å². The maximum Gasteiger partial charge on any atom is 0.416 e. The van der Waals surface area contributed by atoms with Crippen LogP contribution >= 0.6 is 23.1 Å². The summed E-state index contributed by atoms with van der Waals surface area (Å²) < 4.78 is 39.1. The molecule has 0 spiro atoms. The summed E-state index contributed by atoms with van der Waals surface area (Å²) in [5, 5.41) is 12.3. The molecule has 1 aromatic heterocycles. The molecule has 0 saturated carbocycles. The van der Waals surface area contributed by atoms with Crippen molar-refractivity contribution in [3.05, 3.63) is 80.0 Å². The van der Waals surface area contributed by atoms with Crippen LogP contribution in [0.5, 0.6) is 0 Å². The van der Waals surface area contributed by atoms with Gasteiger partial charge in [-0.2, -0.15) is 13.2 Å². The van der Waals surface area contributed by atoms with Gasteiger partial charge < -0.3 is 10.0 Å². The van der Waals surface area contributed by atoms with Crippen molar-refractivity contribution in [3.8, 4) is 0 Å². The fraction of sp³-hybridized carbons (Fsp3) is 0.318. The first kappa shape index (κ1) is 22.5. The van der Waals surface area contributed by atoms with Gasteiger partial charge in [-0.1, -0.05) is 23.8 Å². The van der Waals surface area contributed by atoms with Crippen LogP contribution in [0.3, 0.4) is 0 Å². The normalized spacial score (nSPS) is 14.5. The summed E-state index contributed by atoms with van der Waals surface area (Å²) in [6.45, 7) is 2.92. The number of rotatable bonds is 8. The van der Waals surface area contributed by atoms with Crippen molar-refractivity contribution in [2.45, 2.75) is 32.5 Å². The van der Waals surface area contributed by atoms with Crippen molar-refractivity contribution in [2.75, 3.05) is 12.3 Å². The number of carboxylic acid groups (broad SMARTS) is 1. The highest BCUT2D eigenvalue weighted by atomic mass is 32.2. The largest absolute Gasteiger partial charge is 0.478 e. The highest BCUT2D eigenvalue weighted by Gasteiger charge is 2.30. The summed E-state index contributed by atoms with van der Waals surface area (Å²) in [4.78, 5) is 14.9. The molecule has 0 amide bonds. The Kier molecular flexibility index (Phi) is 7.31. The van der Waals surface area contributed by atoms with Crippen LogP contribution in [0.25, 0.3) is 0 Å². The standard InChI is InChI=1S/C22H22F3NO2S2/c1-15-11-16(13-17(12-15)22(23,24)25)5-3-10-30-20-19(21(27)28)7-2-8-26(20)14-18-6-4-9-29-18/h2,4,6-7,9,11-13H,3,5,8,10,14H2,1H3,(H,27,28). The number of halogens is 3. The van der Waals surface area contributed by atoms with Gasteiger partial charge >= 0.3 is 12.1 Å². The van der Waals surface area contributed by atoms with Gasteiger partial charge in [-0.25, -0.2) is 4.79 Å². The minimum Gasteiger partial charge on any atom is -0.478 e. The first-order chi connectivity index (χ1) is 14.2. The van der Waals surface area contributed by atoms with Gasteiger partial charge in [-0.05, 0) is 60.7 Å². The van der Waals surface area contributed by atoms with Gasteiger partial charge in [0.05, 0.1) is 22.7 Å². The summed E-state index contributed by atoms with van der Waals surface area (Å²) >= 11 is 3.07. The Hall–Kier alpha value is -2.19. The van der Waals surface area contributed by atoms with E-state index in [-0.39, 0.29) is 5.57 Å². The van der Waals surface area contributed by atoms with Gasteiger partial charge in [0.25, 0.3) is 0 Å². The molecule has 0 fully saturated rings. The van der Waals surface area contributed by atoms with E-state index in [0.29, 0.717) is 47.8 Å². The van der Waals surface area contributed by atoms with Crippen molar-refractivity contribution in [1.82, 2.24) is 4.90 Å². The number of aryl methyl sites for hydroxylation is 2. The minimum absolute atomic E-state index is 0.262. The van der Waals surface area contributed by atoms with E-state index < -0.39 is 17.7 Å². The number of alkyl halides is 3. The minimum atomic E-state index is -4.35. The van der Waals surface area contributed by atoms with Gasteiger partial charge in [-0.15, -0.1) is 23.1 Å². The molecule has 160 valence electrons. The fourth-order valence-corrected chi connectivity index (χ4v) is 5.13. The molecular formula is C22H22F3NO2S2. The third kappa shape index (κ3) is 5.92. The molecule has 0 aliphatic carbocycles. The summed E-state index contributed by atoms with van der Waals surface area (Å²) in [5.41, 5.74) is 0.871. The average Bonchev–Trinajstić information content (AvgIpc) is 3.18. The SMILES string of the molecule is Cc1cc(CCCSC2=C(C(=O)O)C=CCN2Cc2cccs2)cc(C(F)(F)F)c1. The highest BCUT2D eigenvalue weighted by molar-refractivity contribution is 8.03. The van der Waals surface area contributed by atoms with E-state index in [0.717, 1.165) is 10.9 Å². The quantitative estimate of drug-likeness (QED) is 0.490. The summed E-state index contributed by atoms with van der Waals surface area (Å²) in [7, 11) is 0. The maximum atomic E-state index is 13.0. The molecule has 1 aromatic carbocycles. The van der Waals surface area contributed by atoms with Gasteiger partial charge in [0, 0.05) is 11.4 Å². The second-order valence-corrected chi connectivity index (χ2v) is 9.16. The van der Waals surface area contributed by atoms with Gasteiger partial charge in [0.1, 0.15) is 0 Å². The average molecular weight is 454 g/mol. The summed E-state index contributed by atoms with van der Waals surface area (Å²) in [5.74, 6) is -0.353. The van der Waals surface area contributed by atoms with Crippen LogP contribution in [0.15, 0.2) is 58.5 Å². The Morgan fingerprint density at radius 2 is 2.10 bits per heavy atom. The molecule has 1 N–H and O–H groups in total. The molecule has 30 heavy (non-hydrogen) atoms. The lowest BCUT2D eigenvalue weighted by Crippen LogP contribution is -2.26. The molecule has 0 saturated heterocycles. The predicted octanol–water partition coefficient (Wildman–Crippen LogP) is 6.11. The van der Waals surface area contributed by atoms with Crippen LogP contribution in [-0.4, -0.2) is 28.3 Å². The molecule has 0 radical (unpaired) electrons. The molecule has 2 aromatic rings. The van der Waals surface area contributed by atoms with Crippen LogP contribution in [0.2, 0.25) is 0 Å². The van der Waals surface area contributed by atoms with E-state index in [1.165, 1.54) is 17.8 Å². The lowest BCUT2D eigenvalue weighted by molar-refractivity contribution is -0.137. The topological polar surface area (TPSA) is 40.5 Å². The van der Waals surface area contributed by atoms with Gasteiger partial charge in [0.2, 0.25) is 0 Å². The van der Waals surface area contributed by atoms with E-state index in [1.54, 1.807) is 30.4 Å². The molecule has 3 rings (SSSR count). The first-order valence-corrected chi connectivity index (χ1v) is 11.3. The Balaban J connectivity index is 1.66. The third-order valence-electron chi connectivity index (χ3n) is 4.60. The second kappa shape index (κ2) is 9.75. The smallest absolute Gasteiger partial charge is 0.416 e. The van der Waals surface area contributed by atoms with Crippen molar-refractivity contribution in [3.63, 3.8) is 0 Å². The summed E-state index contributed by atoms with van der Waals surface area (Å²) in [6, 6.07) is 8.10. The molecule has 1 aliphatic rings. The number of thiophene rings is 1. The van der Waals surface area contributed by atoms with E-state index in [2.05, 4.69) is 0 Å². The molecule has 0 bridgehead atoms. The number of nitrogens with zero attached hydrogens (tertiary/aromatic N) is 1. The molecule has 3 nitrogen and oxygen atoms in total. The maximum absolute atomic E-state index is 13.0. The van der Waals surface area contributed by atoms with Crippen molar-refractivity contribution >= 4 is 29.1 Å². The van der Waals surface area contributed by atoms with Crippen molar-refractivity contribution in [2.24, 2.45) is 0 Å². The Morgan fingerprint density at radius 1 is 1.30 bits per heavy atom. The van der Waals surface area contributed by atoms with Crippen molar-refractivity contribution in [1.29, 1.82) is 0 Å². The van der Waals surface area contributed by atoms with E-state index in [4.69, 9.17) is 0 Å². The van der Waals surface area contributed by atoms with E-state index >= 15 is 0 Å². The lowest BCUT2D eigenvalue weighted by Gasteiger charge is -2.29. The number of hydrogen-bond acceptors (Lipinski definition) is 4. The first-order valence-electron chi connectivity index (χ1n) is 9.46. The third-order valence-corrected chi connectivity index (χ3v) is 6.70. The Morgan fingerprint density at radius 3 is 2.77 bits per heavy atom. The Labute approximate surface area is 181 Å². The zero-order valence-electron chi connectivity index (χ0n) is 16.4. The zero-order valence-corrected chi connectivity index (χ0v) is 18.0. The summed E-state index contributed by atoms with van der Waals surface area (Å²) in [6.07, 6.45) is 0.276. The number of hydrogen-bond donors (Lipinski definition) is 1. The molecular weight excluding hydrogens is 431 g/mol. The number of thioether (sulfide) groups is 1. The monoisotopic (exact) mass is 453 g/mol. The predicted molar refractivity (Wildman–Crippen MR) is 115 cm³/mol. The number of aliphatic carboxylic acids is 1. The molecule has 1 aliphatic heterocycles. The van der Waals surface area contributed by atoms with Crippen molar-refractivity contribution < 1.29 is 23.1 Å². The number of carboxylic acids is 1. The second-order valence-electron chi connectivity index (χ2n) is 7.04. The van der Waals surface area contributed by atoms with Gasteiger partial charge in [-0.3, -0.25) is 0 Å². The fourth-order valence-electron chi connectivity index (χ4n) is 3.30. The highest BCUT2D eigenvalue weighted by Crippen LogP contribution is 2.33. The molecule has 0 unspecified atom stereocenters. The van der Waals surface area contributed by atoms with Crippen LogP contribution in [0.4, 0.5) is 13.2 Å². The molecule has 8 heteroatoms. The van der Waals surface area contributed by atoms with Crippen LogP contribution < -0.4 is 0 Å². The lowest BCUT2D eigenvalue weighted by atomic mass is 10.0. The van der Waals surface area contributed by atoms with Gasteiger partial charge in [0.15, 0.2) is 0 Å². The van der Waals surface area contributed by atoms with E-state index in [9.17, 15) is 23.1 Å². The molecule has 2 heterocycles. The Bertz CT molecular complexity index is 950. The van der Waals surface area contributed by atoms with Crippen LogP contribution in [-0.2, 0) is 23.9 Å². The number of carbonyl (C=O) groups is 1. The molecule has 0 atom stereocenters. The van der Waals surface area contributed by atoms with Crippen LogP contribution in [0.1, 0.15) is 28.0 Å².